The van der Waals surface area contributed by atoms with Crippen molar-refractivity contribution < 1.29 is 22.0 Å². The highest BCUT2D eigenvalue weighted by atomic mass is 32.2. The van der Waals surface area contributed by atoms with Crippen molar-refractivity contribution in [2.45, 2.75) is 41.7 Å². The smallest absolute Gasteiger partial charge is 0.288 e. The quantitative estimate of drug-likeness (QED) is 0.659. The summed E-state index contributed by atoms with van der Waals surface area (Å²) in [6, 6.07) is 10.6. The molecule has 0 aliphatic carbocycles. The molecule has 2 aromatic rings. The van der Waals surface area contributed by atoms with E-state index < -0.39 is 21.7 Å². The molecule has 0 saturated carbocycles. The first-order chi connectivity index (χ1) is 13.8. The Balaban J connectivity index is 1.79. The minimum atomic E-state index is -3.66. The maximum Gasteiger partial charge on any atom is 0.288 e. The summed E-state index contributed by atoms with van der Waals surface area (Å²) in [5.41, 5.74) is 1.24. The molecule has 0 bridgehead atoms. The Morgan fingerprint density at radius 1 is 1.07 bits per heavy atom. The third-order valence-corrected chi connectivity index (χ3v) is 7.48. The summed E-state index contributed by atoms with van der Waals surface area (Å²) in [7, 11) is -3.66. The molecular formula is C20H22F2N2O3S2. The van der Waals surface area contributed by atoms with E-state index in [0.717, 1.165) is 19.3 Å². The number of aryl methyl sites for hydroxylation is 1. The maximum absolute atomic E-state index is 13.0. The van der Waals surface area contributed by atoms with Crippen molar-refractivity contribution in [2.75, 3.05) is 18.4 Å². The van der Waals surface area contributed by atoms with Gasteiger partial charge < -0.3 is 5.32 Å². The topological polar surface area (TPSA) is 66.5 Å². The summed E-state index contributed by atoms with van der Waals surface area (Å²) >= 11 is 0.425. The number of piperidine rings is 1. The van der Waals surface area contributed by atoms with E-state index in [1.165, 1.54) is 34.6 Å². The summed E-state index contributed by atoms with van der Waals surface area (Å²) in [5.74, 6) is -2.97. The fourth-order valence-corrected chi connectivity index (χ4v) is 5.45. The summed E-state index contributed by atoms with van der Waals surface area (Å²) in [6.07, 6.45) is 2.68. The lowest BCUT2D eigenvalue weighted by Gasteiger charge is -2.26. The Hall–Kier alpha value is -1.97. The average molecular weight is 441 g/mol. The lowest BCUT2D eigenvalue weighted by molar-refractivity contribution is 0.102. The molecule has 0 atom stereocenters. The fraction of sp³-hybridized carbons (Fsp3) is 0.350. The number of alkyl halides is 2. The zero-order chi connectivity index (χ0) is 21.0. The molecule has 1 saturated heterocycles. The Morgan fingerprint density at radius 2 is 1.72 bits per heavy atom. The molecule has 0 spiro atoms. The zero-order valence-corrected chi connectivity index (χ0v) is 17.5. The molecule has 2 aromatic carbocycles. The highest BCUT2D eigenvalue weighted by molar-refractivity contribution is 7.99. The van der Waals surface area contributed by atoms with Gasteiger partial charge in [0.05, 0.1) is 4.90 Å². The molecule has 9 heteroatoms. The molecule has 0 unspecified atom stereocenters. The standard InChI is InChI=1S/C20H22F2N2O3S2/c1-14-5-6-15(13-18(14)29(26,27)24-11-3-2-4-12-24)19(25)23-16-7-9-17(10-8-16)28-20(21)22/h5-10,13,20H,2-4,11-12H2,1H3,(H,23,25). The van der Waals surface area contributed by atoms with Crippen LogP contribution in [0.4, 0.5) is 14.5 Å². The van der Waals surface area contributed by atoms with Gasteiger partial charge in [0.2, 0.25) is 10.0 Å². The summed E-state index contributed by atoms with van der Waals surface area (Å²) in [5, 5.41) is 2.67. The van der Waals surface area contributed by atoms with Crippen LogP contribution in [-0.2, 0) is 10.0 Å². The van der Waals surface area contributed by atoms with E-state index >= 15 is 0 Å². The third kappa shape index (κ3) is 5.34. The Kier molecular flexibility index (Phi) is 6.92. The predicted molar refractivity (Wildman–Crippen MR) is 110 cm³/mol. The first-order valence-electron chi connectivity index (χ1n) is 9.24. The van der Waals surface area contributed by atoms with Crippen LogP contribution >= 0.6 is 11.8 Å². The first-order valence-corrected chi connectivity index (χ1v) is 11.6. The van der Waals surface area contributed by atoms with Crippen LogP contribution in [0, 0.1) is 6.92 Å². The number of thioether (sulfide) groups is 1. The number of carbonyl (C=O) groups excluding carboxylic acids is 1. The number of benzene rings is 2. The predicted octanol–water partition coefficient (Wildman–Crippen LogP) is 4.74. The van der Waals surface area contributed by atoms with Gasteiger partial charge in [0, 0.05) is 29.2 Å². The number of anilines is 1. The normalized spacial score (nSPS) is 15.4. The van der Waals surface area contributed by atoms with Crippen LogP contribution in [0.15, 0.2) is 52.3 Å². The highest BCUT2D eigenvalue weighted by Crippen LogP contribution is 2.27. The fourth-order valence-electron chi connectivity index (χ4n) is 3.19. The van der Waals surface area contributed by atoms with E-state index in [0.29, 0.717) is 41.0 Å². The van der Waals surface area contributed by atoms with Crippen LogP contribution in [0.2, 0.25) is 0 Å². The molecule has 1 heterocycles. The van der Waals surface area contributed by atoms with Gasteiger partial charge in [-0.3, -0.25) is 4.79 Å². The van der Waals surface area contributed by atoms with Crippen molar-refractivity contribution in [1.29, 1.82) is 0 Å². The van der Waals surface area contributed by atoms with Crippen LogP contribution < -0.4 is 5.32 Å². The monoisotopic (exact) mass is 440 g/mol. The van der Waals surface area contributed by atoms with Gasteiger partial charge in [0.25, 0.3) is 11.7 Å². The molecule has 1 aliphatic heterocycles. The van der Waals surface area contributed by atoms with Crippen molar-refractivity contribution in [1.82, 2.24) is 4.31 Å². The van der Waals surface area contributed by atoms with Gasteiger partial charge in [-0.1, -0.05) is 24.2 Å². The molecule has 1 N–H and O–H groups in total. The van der Waals surface area contributed by atoms with E-state index in [2.05, 4.69) is 5.32 Å². The summed E-state index contributed by atoms with van der Waals surface area (Å²) in [6.45, 7) is 2.68. The lowest BCUT2D eigenvalue weighted by Crippen LogP contribution is -2.36. The van der Waals surface area contributed by atoms with Crippen LogP contribution in [0.25, 0.3) is 0 Å². The second-order valence-electron chi connectivity index (χ2n) is 6.80. The van der Waals surface area contributed by atoms with E-state index in [-0.39, 0.29) is 10.5 Å². The van der Waals surface area contributed by atoms with Crippen molar-refractivity contribution in [3.8, 4) is 0 Å². The summed E-state index contributed by atoms with van der Waals surface area (Å²) in [4.78, 5) is 13.1. The lowest BCUT2D eigenvalue weighted by atomic mass is 10.1. The molecule has 1 aliphatic rings. The number of hydrogen-bond donors (Lipinski definition) is 1. The van der Waals surface area contributed by atoms with E-state index in [1.54, 1.807) is 19.1 Å². The number of amides is 1. The van der Waals surface area contributed by atoms with Gasteiger partial charge in [-0.15, -0.1) is 0 Å². The molecule has 0 radical (unpaired) electrons. The van der Waals surface area contributed by atoms with Crippen LogP contribution in [0.1, 0.15) is 35.2 Å². The average Bonchev–Trinajstić information content (AvgIpc) is 2.70. The molecule has 29 heavy (non-hydrogen) atoms. The van der Waals surface area contributed by atoms with Crippen molar-refractivity contribution in [3.05, 3.63) is 53.6 Å². The zero-order valence-electron chi connectivity index (χ0n) is 15.9. The molecule has 3 rings (SSSR count). The Labute approximate surface area is 173 Å². The number of nitrogens with zero attached hydrogens (tertiary/aromatic N) is 1. The third-order valence-electron chi connectivity index (χ3n) is 4.72. The second kappa shape index (κ2) is 9.23. The highest BCUT2D eigenvalue weighted by Gasteiger charge is 2.28. The molecular weight excluding hydrogens is 418 g/mol. The van der Waals surface area contributed by atoms with Crippen LogP contribution in [-0.4, -0.2) is 37.5 Å². The first kappa shape index (κ1) is 21.7. The van der Waals surface area contributed by atoms with E-state index in [4.69, 9.17) is 0 Å². The largest absolute Gasteiger partial charge is 0.322 e. The van der Waals surface area contributed by atoms with Gasteiger partial charge in [-0.2, -0.15) is 13.1 Å². The molecule has 156 valence electrons. The number of sulfonamides is 1. The van der Waals surface area contributed by atoms with Crippen LogP contribution in [0.3, 0.4) is 0 Å². The molecule has 1 fully saturated rings. The number of rotatable bonds is 6. The van der Waals surface area contributed by atoms with Crippen molar-refractivity contribution in [3.63, 3.8) is 0 Å². The van der Waals surface area contributed by atoms with Gasteiger partial charge in [-0.25, -0.2) is 8.42 Å². The SMILES string of the molecule is Cc1ccc(C(=O)Nc2ccc(SC(F)F)cc2)cc1S(=O)(=O)N1CCCCC1. The van der Waals surface area contributed by atoms with Crippen LogP contribution in [0.5, 0.6) is 0 Å². The van der Waals surface area contributed by atoms with Gasteiger partial charge >= 0.3 is 0 Å². The van der Waals surface area contributed by atoms with Crippen molar-refractivity contribution >= 4 is 33.4 Å². The molecule has 5 nitrogen and oxygen atoms in total. The maximum atomic E-state index is 13.0. The van der Waals surface area contributed by atoms with Crippen molar-refractivity contribution in [2.24, 2.45) is 0 Å². The van der Waals surface area contributed by atoms with Gasteiger partial charge in [0.15, 0.2) is 0 Å². The van der Waals surface area contributed by atoms with E-state index in [1.807, 2.05) is 0 Å². The van der Waals surface area contributed by atoms with Gasteiger partial charge in [0.1, 0.15) is 0 Å². The minimum Gasteiger partial charge on any atom is -0.322 e. The van der Waals surface area contributed by atoms with E-state index in [9.17, 15) is 22.0 Å². The number of nitrogens with one attached hydrogen (secondary N) is 1. The molecule has 0 aromatic heterocycles. The summed E-state index contributed by atoms with van der Waals surface area (Å²) < 4.78 is 52.3. The second-order valence-corrected chi connectivity index (χ2v) is 9.77. The number of halogens is 2. The Bertz CT molecular complexity index is 974. The Morgan fingerprint density at radius 3 is 2.34 bits per heavy atom. The number of carbonyl (C=O) groups is 1. The molecule has 1 amide bonds. The minimum absolute atomic E-state index is 0.135. The van der Waals surface area contributed by atoms with Gasteiger partial charge in [-0.05, 0) is 61.7 Å². The number of hydrogen-bond acceptors (Lipinski definition) is 4.